The summed E-state index contributed by atoms with van der Waals surface area (Å²) in [5, 5.41) is 4.47. The molecular weight excluding hydrogens is 473 g/mol. The molecule has 0 aliphatic heterocycles. The average molecular weight is 494 g/mol. The molecule has 0 bridgehead atoms. The predicted octanol–water partition coefficient (Wildman–Crippen LogP) is 4.08. The molecule has 0 spiro atoms. The normalized spacial score (nSPS) is 19.8. The van der Waals surface area contributed by atoms with E-state index in [1.807, 2.05) is 6.92 Å². The van der Waals surface area contributed by atoms with Gasteiger partial charge >= 0.3 is 5.97 Å². The summed E-state index contributed by atoms with van der Waals surface area (Å²) in [7, 11) is 0. The number of halogens is 2. The SMILES string of the molecule is CCOc1cc(/C=c2/sc3nc([C@H]4[C@@H](C=C(Cl)Cl)C4(C)C)nn3c2=O)ccc1OC(C)=O. The van der Waals surface area contributed by atoms with E-state index in [0.717, 1.165) is 5.56 Å². The Bertz CT molecular complexity index is 1340. The van der Waals surface area contributed by atoms with Crippen LogP contribution in [-0.4, -0.2) is 27.2 Å². The molecule has 32 heavy (non-hydrogen) atoms. The van der Waals surface area contributed by atoms with Crippen molar-refractivity contribution in [2.75, 3.05) is 6.61 Å². The summed E-state index contributed by atoms with van der Waals surface area (Å²) in [4.78, 5) is 29.3. The number of thiazole rings is 1. The van der Waals surface area contributed by atoms with E-state index < -0.39 is 5.97 Å². The van der Waals surface area contributed by atoms with Crippen molar-refractivity contribution < 1.29 is 14.3 Å². The number of rotatable bonds is 6. The minimum atomic E-state index is -0.434. The number of carbonyl (C=O) groups excluding carboxylic acids is 1. The molecule has 0 unspecified atom stereocenters. The van der Waals surface area contributed by atoms with E-state index >= 15 is 0 Å². The van der Waals surface area contributed by atoms with Crippen LogP contribution in [0.3, 0.4) is 0 Å². The van der Waals surface area contributed by atoms with Crippen molar-refractivity contribution in [1.82, 2.24) is 14.6 Å². The molecule has 1 fully saturated rings. The van der Waals surface area contributed by atoms with Gasteiger partial charge in [0, 0.05) is 12.8 Å². The first-order chi connectivity index (χ1) is 15.1. The second-order valence-corrected chi connectivity index (χ2v) is 10.1. The first-order valence-electron chi connectivity index (χ1n) is 10.0. The molecule has 4 rings (SSSR count). The lowest BCUT2D eigenvalue weighted by Crippen LogP contribution is -2.23. The lowest BCUT2D eigenvalue weighted by Gasteiger charge is -2.10. The molecule has 0 N–H and O–H groups in total. The zero-order valence-corrected chi connectivity index (χ0v) is 20.2. The first kappa shape index (κ1) is 22.8. The summed E-state index contributed by atoms with van der Waals surface area (Å²) >= 11 is 12.9. The highest BCUT2D eigenvalue weighted by atomic mass is 35.5. The Morgan fingerprint density at radius 2 is 2.06 bits per heavy atom. The third-order valence-electron chi connectivity index (χ3n) is 5.51. The van der Waals surface area contributed by atoms with Gasteiger partial charge < -0.3 is 9.47 Å². The third-order valence-corrected chi connectivity index (χ3v) is 6.72. The van der Waals surface area contributed by atoms with Crippen molar-refractivity contribution in [2.45, 2.75) is 33.6 Å². The second-order valence-electron chi connectivity index (χ2n) is 8.09. The van der Waals surface area contributed by atoms with E-state index in [-0.39, 0.29) is 27.3 Å². The van der Waals surface area contributed by atoms with Gasteiger partial charge in [-0.05, 0) is 48.1 Å². The number of nitrogens with zero attached hydrogens (tertiary/aromatic N) is 3. The maximum atomic E-state index is 12.9. The van der Waals surface area contributed by atoms with Crippen LogP contribution in [0.1, 0.15) is 45.0 Å². The van der Waals surface area contributed by atoms with Crippen molar-refractivity contribution in [3.63, 3.8) is 0 Å². The van der Waals surface area contributed by atoms with Crippen molar-refractivity contribution in [1.29, 1.82) is 0 Å². The fraction of sp³-hybridized carbons (Fsp3) is 0.364. The minimum absolute atomic E-state index is 0.0523. The van der Waals surface area contributed by atoms with Crippen LogP contribution in [0, 0.1) is 11.3 Å². The van der Waals surface area contributed by atoms with E-state index in [9.17, 15) is 9.59 Å². The molecule has 0 saturated heterocycles. The molecule has 10 heteroatoms. The topological polar surface area (TPSA) is 82.8 Å². The van der Waals surface area contributed by atoms with E-state index in [2.05, 4.69) is 23.9 Å². The lowest BCUT2D eigenvalue weighted by atomic mass is 10.1. The Balaban J connectivity index is 1.68. The zero-order chi connectivity index (χ0) is 23.2. The summed E-state index contributed by atoms with van der Waals surface area (Å²) in [6, 6.07) is 5.12. The Morgan fingerprint density at radius 3 is 2.69 bits per heavy atom. The van der Waals surface area contributed by atoms with E-state index in [4.69, 9.17) is 32.7 Å². The molecule has 1 aliphatic rings. The van der Waals surface area contributed by atoms with Gasteiger partial charge in [-0.2, -0.15) is 4.52 Å². The molecule has 2 atom stereocenters. The first-order valence-corrected chi connectivity index (χ1v) is 11.6. The molecule has 1 saturated carbocycles. The quantitative estimate of drug-likeness (QED) is 0.380. The van der Waals surface area contributed by atoms with Crippen LogP contribution in [0.15, 0.2) is 33.6 Å². The van der Waals surface area contributed by atoms with Gasteiger partial charge in [-0.3, -0.25) is 9.59 Å². The van der Waals surface area contributed by atoms with Crippen LogP contribution >= 0.6 is 34.5 Å². The van der Waals surface area contributed by atoms with E-state index in [0.29, 0.717) is 33.4 Å². The van der Waals surface area contributed by atoms with Crippen molar-refractivity contribution in [3.8, 4) is 11.5 Å². The summed E-state index contributed by atoms with van der Waals surface area (Å²) in [5.41, 5.74) is 0.409. The van der Waals surface area contributed by atoms with Crippen molar-refractivity contribution in [2.24, 2.45) is 11.3 Å². The molecule has 1 aliphatic carbocycles. The molecule has 1 aromatic carbocycles. The van der Waals surface area contributed by atoms with Crippen LogP contribution in [0.4, 0.5) is 0 Å². The fourth-order valence-corrected chi connectivity index (χ4v) is 5.06. The van der Waals surface area contributed by atoms with Gasteiger partial charge in [-0.25, -0.2) is 4.98 Å². The van der Waals surface area contributed by atoms with Crippen LogP contribution < -0.4 is 19.6 Å². The number of aromatic nitrogens is 3. The molecule has 2 heterocycles. The van der Waals surface area contributed by atoms with Crippen LogP contribution in [0.5, 0.6) is 11.5 Å². The number of benzene rings is 1. The standard InChI is InChI=1S/C22H21Cl2N3O4S/c1-5-30-15-8-12(6-7-14(15)31-11(2)28)9-16-20(29)27-21(32-16)25-19(26-27)18-13(10-17(23)24)22(18,3)4/h6-10,13,18H,5H2,1-4H3/b16-9+/t13-,18-/m1/s1. The molecule has 2 aromatic heterocycles. The summed E-state index contributed by atoms with van der Waals surface area (Å²) in [6.45, 7) is 7.76. The Kier molecular flexibility index (Phi) is 6.04. The maximum Gasteiger partial charge on any atom is 0.308 e. The summed E-state index contributed by atoms with van der Waals surface area (Å²) in [6.07, 6.45) is 3.54. The van der Waals surface area contributed by atoms with Crippen LogP contribution in [-0.2, 0) is 4.79 Å². The Labute approximate surface area is 198 Å². The highest BCUT2D eigenvalue weighted by Crippen LogP contribution is 2.64. The third kappa shape index (κ3) is 4.27. The molecule has 168 valence electrons. The smallest absolute Gasteiger partial charge is 0.308 e. The molecule has 0 radical (unpaired) electrons. The Hall–Kier alpha value is -2.42. The highest BCUT2D eigenvalue weighted by molar-refractivity contribution is 7.15. The number of hydrogen-bond acceptors (Lipinski definition) is 7. The van der Waals surface area contributed by atoms with Gasteiger partial charge in [-0.1, -0.05) is 54.5 Å². The molecular formula is C22H21Cl2N3O4S. The van der Waals surface area contributed by atoms with Crippen LogP contribution in [0.25, 0.3) is 11.0 Å². The fourth-order valence-electron chi connectivity index (χ4n) is 3.87. The van der Waals surface area contributed by atoms with E-state index in [1.165, 1.54) is 22.8 Å². The number of hydrogen-bond donors (Lipinski definition) is 0. The van der Waals surface area contributed by atoms with Gasteiger partial charge in [0.05, 0.1) is 11.1 Å². The monoisotopic (exact) mass is 493 g/mol. The number of ether oxygens (including phenoxy) is 2. The Morgan fingerprint density at radius 1 is 1.31 bits per heavy atom. The molecule has 0 amide bonds. The second kappa shape index (κ2) is 8.50. The van der Waals surface area contributed by atoms with Gasteiger partial charge in [-0.15, -0.1) is 5.10 Å². The predicted molar refractivity (Wildman–Crippen MR) is 125 cm³/mol. The minimum Gasteiger partial charge on any atom is -0.490 e. The largest absolute Gasteiger partial charge is 0.490 e. The number of carbonyl (C=O) groups is 1. The lowest BCUT2D eigenvalue weighted by molar-refractivity contribution is -0.132. The maximum absolute atomic E-state index is 12.9. The van der Waals surface area contributed by atoms with Gasteiger partial charge in [0.15, 0.2) is 17.3 Å². The van der Waals surface area contributed by atoms with Gasteiger partial charge in [0.2, 0.25) is 4.96 Å². The number of allylic oxidation sites excluding steroid dienone is 1. The number of esters is 1. The van der Waals surface area contributed by atoms with Crippen molar-refractivity contribution in [3.05, 3.63) is 55.0 Å². The van der Waals surface area contributed by atoms with Crippen molar-refractivity contribution >= 4 is 51.5 Å². The van der Waals surface area contributed by atoms with Crippen LogP contribution in [0.2, 0.25) is 0 Å². The summed E-state index contributed by atoms with van der Waals surface area (Å²) < 4.78 is 12.8. The van der Waals surface area contributed by atoms with Gasteiger partial charge in [0.25, 0.3) is 5.56 Å². The summed E-state index contributed by atoms with van der Waals surface area (Å²) in [5.74, 6) is 1.12. The average Bonchev–Trinajstić information content (AvgIpc) is 2.98. The van der Waals surface area contributed by atoms with E-state index in [1.54, 1.807) is 30.4 Å². The highest BCUT2D eigenvalue weighted by Gasteiger charge is 2.59. The number of fused-ring (bicyclic) bond motifs is 1. The molecule has 7 nitrogen and oxygen atoms in total. The van der Waals surface area contributed by atoms with Gasteiger partial charge in [0.1, 0.15) is 4.49 Å². The molecule has 3 aromatic rings. The zero-order valence-electron chi connectivity index (χ0n) is 17.9.